The first kappa shape index (κ1) is 13.2. The lowest BCUT2D eigenvalue weighted by Gasteiger charge is -2.43. The van der Waals surface area contributed by atoms with Crippen molar-refractivity contribution in [3.8, 4) is 12.1 Å². The van der Waals surface area contributed by atoms with Crippen molar-refractivity contribution in [2.24, 2.45) is 5.92 Å². The van der Waals surface area contributed by atoms with Gasteiger partial charge < -0.3 is 0 Å². The first-order valence-corrected chi connectivity index (χ1v) is 5.56. The molecule has 0 saturated heterocycles. The Hall–Kier alpha value is 0.170. The van der Waals surface area contributed by atoms with Crippen molar-refractivity contribution >= 4 is 58.0 Å². The first-order valence-electron chi connectivity index (χ1n) is 3.67. The molecule has 0 heterocycles. The number of allylic oxidation sites excluding steroid dienone is 2. The molecule has 15 heavy (non-hydrogen) atoms. The van der Waals surface area contributed by atoms with Crippen LogP contribution >= 0.6 is 58.0 Å². The van der Waals surface area contributed by atoms with Gasteiger partial charge in [-0.05, 0) is 6.08 Å². The van der Waals surface area contributed by atoms with E-state index in [1.54, 1.807) is 6.07 Å². The Morgan fingerprint density at radius 2 is 1.60 bits per heavy atom. The summed E-state index contributed by atoms with van der Waals surface area (Å²) < 4.78 is -3.83. The van der Waals surface area contributed by atoms with Crippen molar-refractivity contribution in [3.05, 3.63) is 12.2 Å². The van der Waals surface area contributed by atoms with Crippen molar-refractivity contribution < 1.29 is 0 Å². The van der Waals surface area contributed by atoms with Crippen LogP contribution in [-0.4, -0.2) is 13.5 Å². The Bertz CT molecular complexity index is 389. The van der Waals surface area contributed by atoms with E-state index in [9.17, 15) is 0 Å². The van der Waals surface area contributed by atoms with Crippen molar-refractivity contribution in [3.63, 3.8) is 0 Å². The van der Waals surface area contributed by atoms with Crippen molar-refractivity contribution in [1.82, 2.24) is 0 Å². The van der Waals surface area contributed by atoms with Crippen LogP contribution in [0, 0.1) is 28.6 Å². The zero-order chi connectivity index (χ0) is 11.9. The second-order valence-electron chi connectivity index (χ2n) is 2.99. The molecule has 2 nitrogen and oxygen atoms in total. The SMILES string of the molecule is N#CC1C=CC(Cl)(C#N)C(Cl)(Cl)C1(Cl)Cl. The van der Waals surface area contributed by atoms with Crippen LogP contribution in [0.25, 0.3) is 0 Å². The maximum Gasteiger partial charge on any atom is 0.188 e. The van der Waals surface area contributed by atoms with Crippen LogP contribution in [0.3, 0.4) is 0 Å². The maximum absolute atomic E-state index is 8.87. The second kappa shape index (κ2) is 3.88. The van der Waals surface area contributed by atoms with Gasteiger partial charge in [-0.3, -0.25) is 0 Å². The summed E-state index contributed by atoms with van der Waals surface area (Å²) >= 11 is 29.4. The van der Waals surface area contributed by atoms with Crippen molar-refractivity contribution in [1.29, 1.82) is 10.5 Å². The van der Waals surface area contributed by atoms with E-state index in [0.717, 1.165) is 0 Å². The fraction of sp³-hybridized carbons (Fsp3) is 0.500. The van der Waals surface area contributed by atoms with Crippen LogP contribution in [0.5, 0.6) is 0 Å². The minimum Gasteiger partial charge on any atom is -0.198 e. The molecule has 0 bridgehead atoms. The largest absolute Gasteiger partial charge is 0.198 e. The van der Waals surface area contributed by atoms with Crippen molar-refractivity contribution in [2.75, 3.05) is 0 Å². The summed E-state index contributed by atoms with van der Waals surface area (Å²) in [5.41, 5.74) is 0. The van der Waals surface area contributed by atoms with Gasteiger partial charge in [0.05, 0.1) is 12.1 Å². The molecule has 0 aromatic rings. The highest BCUT2D eigenvalue weighted by atomic mass is 35.5. The molecule has 0 radical (unpaired) electrons. The molecule has 0 aromatic heterocycles. The molecule has 0 aliphatic heterocycles. The Morgan fingerprint density at radius 1 is 1.07 bits per heavy atom. The molecule has 1 rings (SSSR count). The van der Waals surface area contributed by atoms with E-state index >= 15 is 0 Å². The van der Waals surface area contributed by atoms with Gasteiger partial charge in [0.1, 0.15) is 5.92 Å². The molecular weight excluding hydrogens is 301 g/mol. The van der Waals surface area contributed by atoms with E-state index in [2.05, 4.69) is 0 Å². The number of nitrogens with zero attached hydrogens (tertiary/aromatic N) is 2. The number of hydrogen-bond donors (Lipinski definition) is 0. The van der Waals surface area contributed by atoms with Gasteiger partial charge >= 0.3 is 0 Å². The minimum atomic E-state index is -1.98. The molecule has 1 aliphatic carbocycles. The summed E-state index contributed by atoms with van der Waals surface area (Å²) in [5.74, 6) is -0.934. The number of alkyl halides is 5. The third-order valence-corrected chi connectivity index (χ3v) is 5.39. The lowest BCUT2D eigenvalue weighted by molar-refractivity contribution is 0.524. The van der Waals surface area contributed by atoms with E-state index in [1.807, 2.05) is 6.07 Å². The molecule has 0 amide bonds. The second-order valence-corrected chi connectivity index (χ2v) is 6.30. The average molecular weight is 304 g/mol. The Morgan fingerprint density at radius 3 is 2.00 bits per heavy atom. The minimum absolute atomic E-state index is 0.934. The number of halogens is 5. The zero-order valence-corrected chi connectivity index (χ0v) is 10.8. The van der Waals surface area contributed by atoms with Gasteiger partial charge in [0, 0.05) is 0 Å². The lowest BCUT2D eigenvalue weighted by atomic mass is 9.87. The van der Waals surface area contributed by atoms with Gasteiger partial charge in [0.25, 0.3) is 0 Å². The lowest BCUT2D eigenvalue weighted by Crippen LogP contribution is -2.56. The van der Waals surface area contributed by atoms with E-state index in [1.165, 1.54) is 12.2 Å². The summed E-state index contributed by atoms with van der Waals surface area (Å²) in [6.45, 7) is 0. The molecule has 1 aliphatic rings. The van der Waals surface area contributed by atoms with Crippen LogP contribution in [0.1, 0.15) is 0 Å². The fourth-order valence-corrected chi connectivity index (χ4v) is 2.43. The van der Waals surface area contributed by atoms with Gasteiger partial charge in [-0.15, -0.1) is 0 Å². The zero-order valence-electron chi connectivity index (χ0n) is 7.02. The Balaban J connectivity index is 3.40. The molecular formula is C8H3Cl5N2. The molecule has 80 valence electrons. The maximum atomic E-state index is 8.87. The van der Waals surface area contributed by atoms with Crippen LogP contribution in [0.4, 0.5) is 0 Å². The standard InChI is InChI=1S/C8H3Cl5N2/c9-6(4-15)2-1-5(3-14)7(10,11)8(6,12)13/h1-2,5H. The monoisotopic (exact) mass is 302 g/mol. The van der Waals surface area contributed by atoms with E-state index < -0.39 is 19.5 Å². The van der Waals surface area contributed by atoms with Crippen LogP contribution in [0.2, 0.25) is 0 Å². The summed E-state index contributed by atoms with van der Waals surface area (Å²) in [6, 6.07) is 3.53. The van der Waals surface area contributed by atoms with Gasteiger partial charge in [-0.2, -0.15) is 10.5 Å². The quantitative estimate of drug-likeness (QED) is 0.507. The number of rotatable bonds is 0. The Kier molecular flexibility index (Phi) is 3.42. The highest BCUT2D eigenvalue weighted by Crippen LogP contribution is 2.58. The Labute approximate surface area is 112 Å². The van der Waals surface area contributed by atoms with Gasteiger partial charge in [-0.25, -0.2) is 0 Å². The van der Waals surface area contributed by atoms with E-state index in [4.69, 9.17) is 68.5 Å². The summed E-state index contributed by atoms with van der Waals surface area (Å²) in [7, 11) is 0. The third-order valence-electron chi connectivity index (χ3n) is 2.09. The predicted molar refractivity (Wildman–Crippen MR) is 61.3 cm³/mol. The highest BCUT2D eigenvalue weighted by molar-refractivity contribution is 6.66. The summed E-state index contributed by atoms with van der Waals surface area (Å²) in [5, 5.41) is 17.7. The third kappa shape index (κ3) is 1.70. The highest BCUT2D eigenvalue weighted by Gasteiger charge is 2.65. The van der Waals surface area contributed by atoms with Gasteiger partial charge in [-0.1, -0.05) is 64.1 Å². The van der Waals surface area contributed by atoms with Crippen LogP contribution in [0.15, 0.2) is 12.2 Å². The van der Waals surface area contributed by atoms with Gasteiger partial charge in [0.15, 0.2) is 13.5 Å². The normalized spacial score (nSPS) is 36.6. The van der Waals surface area contributed by atoms with Crippen molar-refractivity contribution in [2.45, 2.75) is 13.5 Å². The summed E-state index contributed by atoms with van der Waals surface area (Å²) in [4.78, 5) is -1.76. The number of hydrogen-bond acceptors (Lipinski definition) is 2. The topological polar surface area (TPSA) is 47.6 Å². The fourth-order valence-electron chi connectivity index (χ4n) is 1.12. The molecule has 2 atom stereocenters. The predicted octanol–water partition coefficient (Wildman–Crippen LogP) is 3.54. The smallest absolute Gasteiger partial charge is 0.188 e. The summed E-state index contributed by atoms with van der Waals surface area (Å²) in [6.07, 6.45) is 2.55. The molecule has 0 fully saturated rings. The first-order chi connectivity index (χ1) is 6.73. The van der Waals surface area contributed by atoms with Crippen LogP contribution in [-0.2, 0) is 0 Å². The average Bonchev–Trinajstić information content (AvgIpc) is 2.15. The molecule has 0 N–H and O–H groups in total. The van der Waals surface area contributed by atoms with Crippen LogP contribution < -0.4 is 0 Å². The molecule has 2 unspecified atom stereocenters. The molecule has 7 heteroatoms. The molecule has 0 saturated carbocycles. The van der Waals surface area contributed by atoms with E-state index in [-0.39, 0.29) is 0 Å². The van der Waals surface area contributed by atoms with Gasteiger partial charge in [0.2, 0.25) is 0 Å². The number of nitriles is 2. The van der Waals surface area contributed by atoms with E-state index in [0.29, 0.717) is 0 Å². The molecule has 0 aromatic carbocycles. The molecule has 0 spiro atoms.